The maximum absolute atomic E-state index is 12.9. The van der Waals surface area contributed by atoms with Crippen LogP contribution in [0.5, 0.6) is 0 Å². The van der Waals surface area contributed by atoms with E-state index in [9.17, 15) is 9.59 Å². The van der Waals surface area contributed by atoms with Crippen LogP contribution >= 0.6 is 11.8 Å². The number of amides is 2. The molecule has 2 amide bonds. The lowest BCUT2D eigenvalue weighted by atomic mass is 10.1. The summed E-state index contributed by atoms with van der Waals surface area (Å²) in [6.07, 6.45) is 9.90. The minimum absolute atomic E-state index is 0.0729. The summed E-state index contributed by atoms with van der Waals surface area (Å²) in [5.74, 6) is 2.63. The van der Waals surface area contributed by atoms with Gasteiger partial charge in [-0.1, -0.05) is 31.1 Å². The van der Waals surface area contributed by atoms with Crippen LogP contribution in [-0.2, 0) is 19.1 Å². The van der Waals surface area contributed by atoms with Crippen molar-refractivity contribution in [2.24, 2.45) is 11.8 Å². The number of hydrogen-bond acceptors (Lipinski definition) is 5. The van der Waals surface area contributed by atoms with Crippen molar-refractivity contribution >= 4 is 23.6 Å². The van der Waals surface area contributed by atoms with Crippen LogP contribution in [0.1, 0.15) is 39.0 Å². The molecule has 4 aliphatic rings. The summed E-state index contributed by atoms with van der Waals surface area (Å²) in [4.78, 5) is 29.2. The Morgan fingerprint density at radius 2 is 1.80 bits per heavy atom. The van der Waals surface area contributed by atoms with Gasteiger partial charge < -0.3 is 19.3 Å². The first-order valence-electron chi connectivity index (χ1n) is 11.0. The number of thioether (sulfide) groups is 1. The van der Waals surface area contributed by atoms with Crippen molar-refractivity contribution in [3.63, 3.8) is 0 Å². The molecule has 0 aromatic carbocycles. The van der Waals surface area contributed by atoms with E-state index in [4.69, 9.17) is 9.47 Å². The summed E-state index contributed by atoms with van der Waals surface area (Å²) in [6.45, 7) is 8.70. The fourth-order valence-electron chi connectivity index (χ4n) is 4.50. The molecular weight excluding hydrogens is 400 g/mol. The lowest BCUT2D eigenvalue weighted by Crippen LogP contribution is -2.51. The molecule has 0 spiro atoms. The highest BCUT2D eigenvalue weighted by Crippen LogP contribution is 2.45. The molecule has 2 saturated heterocycles. The van der Waals surface area contributed by atoms with Crippen molar-refractivity contribution < 1.29 is 19.1 Å². The lowest BCUT2D eigenvalue weighted by molar-refractivity contribution is -0.139. The number of carbonyl (C=O) groups is 2. The number of nitrogens with zero attached hydrogens (tertiary/aromatic N) is 2. The van der Waals surface area contributed by atoms with Crippen LogP contribution in [0, 0.1) is 11.8 Å². The summed E-state index contributed by atoms with van der Waals surface area (Å²) in [7, 11) is 0. The van der Waals surface area contributed by atoms with Crippen LogP contribution < -0.4 is 0 Å². The Morgan fingerprint density at radius 3 is 2.47 bits per heavy atom. The van der Waals surface area contributed by atoms with Crippen molar-refractivity contribution in [2.75, 3.05) is 38.7 Å². The molecule has 0 aromatic rings. The maximum Gasteiger partial charge on any atom is 0.232 e. The van der Waals surface area contributed by atoms with Gasteiger partial charge in [-0.3, -0.25) is 9.59 Å². The van der Waals surface area contributed by atoms with Crippen LogP contribution in [0.3, 0.4) is 0 Å². The topological polar surface area (TPSA) is 59.1 Å². The third-order valence-corrected chi connectivity index (χ3v) is 7.96. The summed E-state index contributed by atoms with van der Waals surface area (Å²) >= 11 is 1.82. The van der Waals surface area contributed by atoms with Gasteiger partial charge in [-0.25, -0.2) is 0 Å². The minimum atomic E-state index is 0.0729. The third-order valence-electron chi connectivity index (χ3n) is 6.60. The molecule has 4 fully saturated rings. The van der Waals surface area contributed by atoms with Gasteiger partial charge in [0, 0.05) is 37.3 Å². The average Bonchev–Trinajstić information content (AvgIpc) is 3.18. The van der Waals surface area contributed by atoms with E-state index in [2.05, 4.69) is 13.5 Å². The SMILES string of the molecule is C=C1OCO/C1=C/C=C(\C)[C@@H]1C[C@H]1C(=O)N1CCN(C(=O)CSC2CCCC2)CC1. The van der Waals surface area contributed by atoms with Crippen LogP contribution in [0.2, 0.25) is 0 Å². The second-order valence-corrected chi connectivity index (χ2v) is 9.93. The Morgan fingerprint density at radius 1 is 1.10 bits per heavy atom. The van der Waals surface area contributed by atoms with E-state index < -0.39 is 0 Å². The molecule has 0 N–H and O–H groups in total. The third kappa shape index (κ3) is 5.05. The molecule has 0 unspecified atom stereocenters. The lowest BCUT2D eigenvalue weighted by Gasteiger charge is -2.35. The first kappa shape index (κ1) is 21.3. The number of rotatable bonds is 6. The van der Waals surface area contributed by atoms with Gasteiger partial charge in [0.1, 0.15) is 0 Å². The van der Waals surface area contributed by atoms with Crippen molar-refractivity contribution in [3.8, 4) is 0 Å². The van der Waals surface area contributed by atoms with E-state index in [0.29, 0.717) is 54.6 Å². The van der Waals surface area contributed by atoms with Crippen molar-refractivity contribution in [1.29, 1.82) is 0 Å². The Hall–Kier alpha value is -1.89. The molecule has 2 aliphatic heterocycles. The zero-order chi connectivity index (χ0) is 21.1. The maximum atomic E-state index is 12.9. The Balaban J connectivity index is 1.20. The summed E-state index contributed by atoms with van der Waals surface area (Å²) < 4.78 is 10.5. The minimum Gasteiger partial charge on any atom is -0.454 e. The summed E-state index contributed by atoms with van der Waals surface area (Å²) in [5, 5.41) is 0.668. The van der Waals surface area contributed by atoms with Gasteiger partial charge in [-0.05, 0) is 38.2 Å². The molecule has 2 atom stereocenters. The molecule has 6 nitrogen and oxygen atoms in total. The van der Waals surface area contributed by atoms with Gasteiger partial charge in [-0.2, -0.15) is 0 Å². The fourth-order valence-corrected chi connectivity index (χ4v) is 5.73. The second kappa shape index (κ2) is 9.50. The van der Waals surface area contributed by atoms with Gasteiger partial charge in [0.05, 0.1) is 5.75 Å². The van der Waals surface area contributed by atoms with Gasteiger partial charge in [0.2, 0.25) is 18.6 Å². The summed E-state index contributed by atoms with van der Waals surface area (Å²) in [6, 6.07) is 0. The number of carbonyl (C=O) groups excluding carboxylic acids is 2. The van der Waals surface area contributed by atoms with Crippen LogP contribution in [0.25, 0.3) is 0 Å². The highest BCUT2D eigenvalue weighted by Gasteiger charge is 2.46. The highest BCUT2D eigenvalue weighted by molar-refractivity contribution is 8.00. The predicted molar refractivity (Wildman–Crippen MR) is 117 cm³/mol. The molecule has 0 radical (unpaired) electrons. The zero-order valence-corrected chi connectivity index (χ0v) is 18.6. The highest BCUT2D eigenvalue weighted by atomic mass is 32.2. The van der Waals surface area contributed by atoms with Crippen molar-refractivity contribution in [1.82, 2.24) is 9.80 Å². The standard InChI is InChI=1S/C23H32N2O4S/c1-16(7-8-21-17(2)28-15-29-21)19-13-20(19)23(27)25-11-9-24(10-12-25)22(26)14-30-18-5-3-4-6-18/h7-8,18-20H,2-6,9-15H2,1H3/b16-7+,21-8+/t19-,20+/m0/s1. The van der Waals surface area contributed by atoms with Gasteiger partial charge in [0.25, 0.3) is 0 Å². The van der Waals surface area contributed by atoms with E-state index in [0.717, 1.165) is 6.42 Å². The number of piperazine rings is 1. The molecule has 4 rings (SSSR count). The number of ether oxygens (including phenoxy) is 2. The predicted octanol–water partition coefficient (Wildman–Crippen LogP) is 3.32. The first-order chi connectivity index (χ1) is 14.5. The summed E-state index contributed by atoms with van der Waals surface area (Å²) in [5.41, 5.74) is 1.18. The molecule has 164 valence electrons. The quantitative estimate of drug-likeness (QED) is 0.644. The molecule has 2 heterocycles. The smallest absolute Gasteiger partial charge is 0.232 e. The fraction of sp³-hybridized carbons (Fsp3) is 0.652. The average molecular weight is 433 g/mol. The largest absolute Gasteiger partial charge is 0.454 e. The van der Waals surface area contributed by atoms with E-state index >= 15 is 0 Å². The van der Waals surface area contributed by atoms with E-state index in [-0.39, 0.29) is 24.5 Å². The van der Waals surface area contributed by atoms with Crippen molar-refractivity contribution in [3.05, 3.63) is 35.8 Å². The first-order valence-corrected chi connectivity index (χ1v) is 12.1. The Kier molecular flexibility index (Phi) is 6.76. The Bertz CT molecular complexity index is 748. The molecule has 7 heteroatoms. The van der Waals surface area contributed by atoms with Crippen LogP contribution in [0.15, 0.2) is 35.8 Å². The number of hydrogen-bond donors (Lipinski definition) is 0. The Labute approximate surface area is 183 Å². The molecular formula is C23H32N2O4S. The van der Waals surface area contributed by atoms with E-state index in [1.165, 1.54) is 31.3 Å². The van der Waals surface area contributed by atoms with Crippen molar-refractivity contribution in [2.45, 2.75) is 44.3 Å². The zero-order valence-electron chi connectivity index (χ0n) is 17.8. The van der Waals surface area contributed by atoms with E-state index in [1.54, 1.807) is 0 Å². The van der Waals surface area contributed by atoms with Gasteiger partial charge in [0.15, 0.2) is 11.5 Å². The van der Waals surface area contributed by atoms with E-state index in [1.807, 2.05) is 33.7 Å². The monoisotopic (exact) mass is 432 g/mol. The molecule has 0 bridgehead atoms. The molecule has 2 saturated carbocycles. The van der Waals surface area contributed by atoms with Gasteiger partial charge >= 0.3 is 0 Å². The normalized spacial score (nSPS) is 28.6. The van der Waals surface area contributed by atoms with Crippen LogP contribution in [0.4, 0.5) is 0 Å². The number of allylic oxidation sites excluding steroid dienone is 3. The molecule has 2 aliphatic carbocycles. The molecule has 30 heavy (non-hydrogen) atoms. The molecule has 0 aromatic heterocycles. The van der Waals surface area contributed by atoms with Crippen LogP contribution in [-0.4, -0.2) is 65.6 Å². The second-order valence-electron chi connectivity index (χ2n) is 8.64. The van der Waals surface area contributed by atoms with Gasteiger partial charge in [-0.15, -0.1) is 11.8 Å².